The largest absolute Gasteiger partial charge is 0.269 e. The van der Waals surface area contributed by atoms with Gasteiger partial charge in [-0.15, -0.1) is 11.3 Å². The van der Waals surface area contributed by atoms with E-state index in [0.29, 0.717) is 22.0 Å². The highest BCUT2D eigenvalue weighted by Crippen LogP contribution is 2.25. The fourth-order valence-electron chi connectivity index (χ4n) is 2.73. The highest BCUT2D eigenvalue weighted by molar-refractivity contribution is 7.97. The van der Waals surface area contributed by atoms with E-state index >= 15 is 0 Å². The lowest BCUT2D eigenvalue weighted by Gasteiger charge is -2.05. The zero-order chi connectivity index (χ0) is 17.9. The first-order chi connectivity index (χ1) is 12.7. The Labute approximate surface area is 158 Å². The highest BCUT2D eigenvalue weighted by atomic mass is 32.2. The molecule has 0 radical (unpaired) electrons. The molecule has 4 aromatic rings. The minimum Gasteiger partial charge on any atom is -0.269 e. The summed E-state index contributed by atoms with van der Waals surface area (Å²) in [5.74, 6) is 0.917. The number of halogens is 1. The average molecular weight is 382 g/mol. The van der Waals surface area contributed by atoms with E-state index in [2.05, 4.69) is 4.98 Å². The van der Waals surface area contributed by atoms with Crippen molar-refractivity contribution in [2.75, 3.05) is 0 Å². The van der Waals surface area contributed by atoms with Crippen molar-refractivity contribution in [1.82, 2.24) is 9.38 Å². The number of thioether (sulfide) groups is 1. The molecule has 26 heavy (non-hydrogen) atoms. The standard InChI is InChI=1S/C20H15FN2OS2/c21-17-9-5-4-8-15(17)11-25-12-16-10-19(24)23-18(13-26-20(23)22-16)14-6-2-1-3-7-14/h1-10,13H,11-12H2. The predicted molar refractivity (Wildman–Crippen MR) is 106 cm³/mol. The zero-order valence-electron chi connectivity index (χ0n) is 13.8. The summed E-state index contributed by atoms with van der Waals surface area (Å²) in [7, 11) is 0. The number of fused-ring (bicyclic) bond motifs is 1. The molecule has 0 spiro atoms. The SMILES string of the molecule is O=c1cc(CSCc2ccccc2F)nc2scc(-c3ccccc3)n12. The topological polar surface area (TPSA) is 34.4 Å². The predicted octanol–water partition coefficient (Wildman–Crippen LogP) is 5.00. The maximum Gasteiger partial charge on any atom is 0.259 e. The van der Waals surface area contributed by atoms with Crippen molar-refractivity contribution in [2.24, 2.45) is 0 Å². The van der Waals surface area contributed by atoms with Crippen molar-refractivity contribution in [3.05, 3.63) is 93.5 Å². The van der Waals surface area contributed by atoms with E-state index in [4.69, 9.17) is 0 Å². The first-order valence-corrected chi connectivity index (χ1v) is 10.1. The van der Waals surface area contributed by atoms with Crippen LogP contribution in [0.2, 0.25) is 0 Å². The lowest BCUT2D eigenvalue weighted by Crippen LogP contribution is -2.14. The van der Waals surface area contributed by atoms with Crippen LogP contribution in [0, 0.1) is 5.82 Å². The van der Waals surface area contributed by atoms with Crippen LogP contribution in [0.4, 0.5) is 4.39 Å². The molecule has 0 bridgehead atoms. The second-order valence-corrected chi connectivity index (χ2v) is 7.60. The van der Waals surface area contributed by atoms with Gasteiger partial charge in [0, 0.05) is 23.0 Å². The molecular weight excluding hydrogens is 367 g/mol. The zero-order valence-corrected chi connectivity index (χ0v) is 15.4. The minimum atomic E-state index is -0.200. The summed E-state index contributed by atoms with van der Waals surface area (Å²) in [4.78, 5) is 17.9. The average Bonchev–Trinajstić information content (AvgIpc) is 3.09. The van der Waals surface area contributed by atoms with Crippen molar-refractivity contribution in [2.45, 2.75) is 11.5 Å². The molecule has 0 fully saturated rings. The highest BCUT2D eigenvalue weighted by Gasteiger charge is 2.11. The summed E-state index contributed by atoms with van der Waals surface area (Å²) in [6.45, 7) is 0. The van der Waals surface area contributed by atoms with Gasteiger partial charge in [-0.2, -0.15) is 11.8 Å². The van der Waals surface area contributed by atoms with E-state index in [9.17, 15) is 9.18 Å². The van der Waals surface area contributed by atoms with Crippen LogP contribution in [-0.4, -0.2) is 9.38 Å². The van der Waals surface area contributed by atoms with E-state index < -0.39 is 0 Å². The molecule has 0 N–H and O–H groups in total. The van der Waals surface area contributed by atoms with Crippen molar-refractivity contribution >= 4 is 28.1 Å². The van der Waals surface area contributed by atoms with Gasteiger partial charge in [-0.1, -0.05) is 48.5 Å². The van der Waals surface area contributed by atoms with Crippen LogP contribution in [-0.2, 0) is 11.5 Å². The Bertz CT molecular complexity index is 1110. The van der Waals surface area contributed by atoms with Gasteiger partial charge in [-0.05, 0) is 17.2 Å². The summed E-state index contributed by atoms with van der Waals surface area (Å²) in [6.07, 6.45) is 0. The number of hydrogen-bond acceptors (Lipinski definition) is 4. The van der Waals surface area contributed by atoms with Gasteiger partial charge < -0.3 is 0 Å². The Kier molecular flexibility index (Phi) is 4.86. The molecule has 0 unspecified atom stereocenters. The van der Waals surface area contributed by atoms with Gasteiger partial charge in [0.15, 0.2) is 4.96 Å². The molecule has 6 heteroatoms. The first kappa shape index (κ1) is 17.0. The van der Waals surface area contributed by atoms with Gasteiger partial charge in [0.1, 0.15) is 5.82 Å². The molecule has 4 rings (SSSR count). The van der Waals surface area contributed by atoms with Gasteiger partial charge in [0.05, 0.1) is 11.4 Å². The molecular formula is C20H15FN2OS2. The number of rotatable bonds is 5. The Morgan fingerprint density at radius 3 is 2.62 bits per heavy atom. The number of benzene rings is 2. The van der Waals surface area contributed by atoms with E-state index in [0.717, 1.165) is 17.0 Å². The summed E-state index contributed by atoms with van der Waals surface area (Å²) < 4.78 is 15.3. The first-order valence-electron chi connectivity index (χ1n) is 8.09. The van der Waals surface area contributed by atoms with Crippen molar-refractivity contribution in [3.8, 4) is 11.3 Å². The third-order valence-electron chi connectivity index (χ3n) is 3.99. The van der Waals surface area contributed by atoms with Gasteiger partial charge in [-0.25, -0.2) is 9.37 Å². The number of aromatic nitrogens is 2. The third-order valence-corrected chi connectivity index (χ3v) is 5.83. The second kappa shape index (κ2) is 7.43. The Balaban J connectivity index is 1.57. The van der Waals surface area contributed by atoms with Crippen molar-refractivity contribution in [1.29, 1.82) is 0 Å². The van der Waals surface area contributed by atoms with Crippen LogP contribution < -0.4 is 5.56 Å². The molecule has 0 aliphatic rings. The maximum absolute atomic E-state index is 13.7. The molecule has 0 amide bonds. The van der Waals surface area contributed by atoms with Crippen molar-refractivity contribution < 1.29 is 4.39 Å². The number of nitrogens with zero attached hydrogens (tertiary/aromatic N) is 2. The maximum atomic E-state index is 13.7. The third kappa shape index (κ3) is 3.43. The fraction of sp³-hybridized carbons (Fsp3) is 0.100. The molecule has 3 nitrogen and oxygen atoms in total. The van der Waals surface area contributed by atoms with Crippen LogP contribution in [0.15, 0.2) is 70.8 Å². The normalized spacial score (nSPS) is 11.1. The summed E-state index contributed by atoms with van der Waals surface area (Å²) >= 11 is 3.00. The van der Waals surface area contributed by atoms with Gasteiger partial charge in [0.2, 0.25) is 0 Å². The lowest BCUT2D eigenvalue weighted by molar-refractivity contribution is 0.617. The minimum absolute atomic E-state index is 0.0865. The molecule has 0 aliphatic heterocycles. The molecule has 0 saturated carbocycles. The second-order valence-electron chi connectivity index (χ2n) is 5.77. The van der Waals surface area contributed by atoms with Crippen LogP contribution >= 0.6 is 23.1 Å². The number of thiazole rings is 1. The molecule has 0 saturated heterocycles. The molecule has 0 aliphatic carbocycles. The monoisotopic (exact) mass is 382 g/mol. The fourth-order valence-corrected chi connectivity index (χ4v) is 4.56. The Morgan fingerprint density at radius 1 is 1.04 bits per heavy atom. The number of hydrogen-bond donors (Lipinski definition) is 0. The van der Waals surface area contributed by atoms with Crippen LogP contribution in [0.5, 0.6) is 0 Å². The van der Waals surface area contributed by atoms with Crippen molar-refractivity contribution in [3.63, 3.8) is 0 Å². The van der Waals surface area contributed by atoms with Crippen LogP contribution in [0.1, 0.15) is 11.3 Å². The summed E-state index contributed by atoms with van der Waals surface area (Å²) in [5.41, 5.74) is 3.14. The van der Waals surface area contributed by atoms with Gasteiger partial charge >= 0.3 is 0 Å². The molecule has 0 atom stereocenters. The quantitative estimate of drug-likeness (QED) is 0.487. The van der Waals surface area contributed by atoms with E-state index in [1.807, 2.05) is 41.8 Å². The van der Waals surface area contributed by atoms with E-state index in [-0.39, 0.29) is 11.4 Å². The molecule has 2 aromatic heterocycles. The summed E-state index contributed by atoms with van der Waals surface area (Å²) in [6, 6.07) is 18.1. The van der Waals surface area contributed by atoms with Gasteiger partial charge in [-0.3, -0.25) is 9.20 Å². The Morgan fingerprint density at radius 2 is 1.81 bits per heavy atom. The molecule has 130 valence electrons. The van der Waals surface area contributed by atoms with Crippen LogP contribution in [0.25, 0.3) is 16.2 Å². The Hall–Kier alpha value is -2.44. The van der Waals surface area contributed by atoms with Crippen LogP contribution in [0.3, 0.4) is 0 Å². The molecule has 2 aromatic carbocycles. The van der Waals surface area contributed by atoms with E-state index in [1.165, 1.54) is 17.4 Å². The summed E-state index contributed by atoms with van der Waals surface area (Å²) in [5, 5.41) is 1.95. The van der Waals surface area contributed by atoms with Gasteiger partial charge in [0.25, 0.3) is 5.56 Å². The molecule has 2 heterocycles. The smallest absolute Gasteiger partial charge is 0.259 e. The lowest BCUT2D eigenvalue weighted by atomic mass is 10.2. The van der Waals surface area contributed by atoms with E-state index in [1.54, 1.807) is 34.4 Å².